The molecule has 2 nitrogen and oxygen atoms in total. The Hall–Kier alpha value is -2.11. The number of hydrogen-bond donors (Lipinski definition) is 0. The Morgan fingerprint density at radius 3 is 2.50 bits per heavy atom. The SMILES string of the molecule is Fc1ccnc(-c2cccc(OC(F)(F)F)c2)c1. The van der Waals surface area contributed by atoms with Gasteiger partial charge in [0.1, 0.15) is 11.6 Å². The van der Waals surface area contributed by atoms with E-state index in [-0.39, 0.29) is 11.4 Å². The Balaban J connectivity index is 2.33. The van der Waals surface area contributed by atoms with Crippen LogP contribution in [-0.4, -0.2) is 11.3 Å². The zero-order chi connectivity index (χ0) is 13.2. The second kappa shape index (κ2) is 4.64. The first-order valence-corrected chi connectivity index (χ1v) is 4.92. The fourth-order valence-electron chi connectivity index (χ4n) is 1.42. The lowest BCUT2D eigenvalue weighted by Crippen LogP contribution is -2.17. The molecule has 0 saturated carbocycles. The summed E-state index contributed by atoms with van der Waals surface area (Å²) in [7, 11) is 0. The van der Waals surface area contributed by atoms with Crippen LogP contribution in [0.5, 0.6) is 5.75 Å². The molecule has 94 valence electrons. The van der Waals surface area contributed by atoms with Gasteiger partial charge in [0.25, 0.3) is 0 Å². The maximum absolute atomic E-state index is 13.0. The Kier molecular flexibility index (Phi) is 3.18. The van der Waals surface area contributed by atoms with Crippen LogP contribution >= 0.6 is 0 Å². The van der Waals surface area contributed by atoms with E-state index < -0.39 is 12.2 Å². The molecule has 0 N–H and O–H groups in total. The topological polar surface area (TPSA) is 22.1 Å². The average molecular weight is 257 g/mol. The lowest BCUT2D eigenvalue weighted by molar-refractivity contribution is -0.274. The van der Waals surface area contributed by atoms with Crippen molar-refractivity contribution in [2.75, 3.05) is 0 Å². The molecule has 0 saturated heterocycles. The van der Waals surface area contributed by atoms with E-state index in [2.05, 4.69) is 9.72 Å². The van der Waals surface area contributed by atoms with Crippen molar-refractivity contribution < 1.29 is 22.3 Å². The second-order valence-corrected chi connectivity index (χ2v) is 3.43. The monoisotopic (exact) mass is 257 g/mol. The maximum Gasteiger partial charge on any atom is 0.573 e. The van der Waals surface area contributed by atoms with Crippen LogP contribution in [0.1, 0.15) is 0 Å². The van der Waals surface area contributed by atoms with Gasteiger partial charge in [-0.25, -0.2) is 4.39 Å². The predicted octanol–water partition coefficient (Wildman–Crippen LogP) is 3.79. The van der Waals surface area contributed by atoms with Crippen molar-refractivity contribution in [3.8, 4) is 17.0 Å². The molecule has 0 atom stereocenters. The van der Waals surface area contributed by atoms with Gasteiger partial charge in [-0.3, -0.25) is 4.98 Å². The summed E-state index contributed by atoms with van der Waals surface area (Å²) in [6, 6.07) is 7.49. The van der Waals surface area contributed by atoms with E-state index in [1.54, 1.807) is 0 Å². The lowest BCUT2D eigenvalue weighted by Gasteiger charge is -2.09. The van der Waals surface area contributed by atoms with E-state index in [9.17, 15) is 17.6 Å². The quantitative estimate of drug-likeness (QED) is 0.764. The summed E-state index contributed by atoms with van der Waals surface area (Å²) in [6.07, 6.45) is -3.52. The van der Waals surface area contributed by atoms with E-state index in [0.29, 0.717) is 5.56 Å². The third-order valence-corrected chi connectivity index (χ3v) is 2.09. The van der Waals surface area contributed by atoms with Crippen LogP contribution in [0.15, 0.2) is 42.6 Å². The molecule has 0 radical (unpaired) electrons. The summed E-state index contributed by atoms with van der Waals surface area (Å²) in [6.45, 7) is 0. The van der Waals surface area contributed by atoms with Crippen molar-refractivity contribution in [3.63, 3.8) is 0 Å². The molecule has 0 aliphatic rings. The van der Waals surface area contributed by atoms with Crippen LogP contribution in [0.25, 0.3) is 11.3 Å². The zero-order valence-electron chi connectivity index (χ0n) is 8.91. The van der Waals surface area contributed by atoms with Crippen molar-refractivity contribution in [2.24, 2.45) is 0 Å². The zero-order valence-corrected chi connectivity index (χ0v) is 8.91. The summed E-state index contributed by atoms with van der Waals surface area (Å²) >= 11 is 0. The molecular weight excluding hydrogens is 250 g/mol. The molecular formula is C12H7F4NO. The van der Waals surface area contributed by atoms with Crippen LogP contribution in [0.4, 0.5) is 17.6 Å². The molecule has 18 heavy (non-hydrogen) atoms. The molecule has 6 heteroatoms. The van der Waals surface area contributed by atoms with E-state index in [1.165, 1.54) is 18.3 Å². The van der Waals surface area contributed by atoms with Crippen LogP contribution < -0.4 is 4.74 Å². The van der Waals surface area contributed by atoms with Crippen LogP contribution in [0.3, 0.4) is 0 Å². The number of nitrogens with zero attached hydrogens (tertiary/aromatic N) is 1. The van der Waals surface area contributed by atoms with E-state index >= 15 is 0 Å². The van der Waals surface area contributed by atoms with Gasteiger partial charge in [0.2, 0.25) is 0 Å². The fraction of sp³-hybridized carbons (Fsp3) is 0.0833. The molecule has 2 rings (SSSR count). The minimum absolute atomic E-state index is 0.239. The number of rotatable bonds is 2. The summed E-state index contributed by atoms with van der Waals surface area (Å²) in [5, 5.41) is 0. The van der Waals surface area contributed by atoms with Crippen LogP contribution in [0.2, 0.25) is 0 Å². The van der Waals surface area contributed by atoms with Gasteiger partial charge in [-0.2, -0.15) is 0 Å². The molecule has 0 unspecified atom stereocenters. The van der Waals surface area contributed by atoms with Gasteiger partial charge in [0, 0.05) is 17.8 Å². The number of aromatic nitrogens is 1. The van der Waals surface area contributed by atoms with Gasteiger partial charge in [-0.05, 0) is 18.2 Å². The molecule has 0 aliphatic heterocycles. The van der Waals surface area contributed by atoms with Crippen molar-refractivity contribution in [1.29, 1.82) is 0 Å². The second-order valence-electron chi connectivity index (χ2n) is 3.43. The Morgan fingerprint density at radius 2 is 1.83 bits per heavy atom. The molecule has 1 aromatic heterocycles. The lowest BCUT2D eigenvalue weighted by atomic mass is 10.1. The Labute approximate surface area is 99.8 Å². The number of benzene rings is 1. The Morgan fingerprint density at radius 1 is 1.06 bits per heavy atom. The van der Waals surface area contributed by atoms with E-state index in [0.717, 1.165) is 24.3 Å². The van der Waals surface area contributed by atoms with Crippen molar-refractivity contribution >= 4 is 0 Å². The van der Waals surface area contributed by atoms with Crippen LogP contribution in [0, 0.1) is 5.82 Å². The van der Waals surface area contributed by atoms with Gasteiger partial charge < -0.3 is 4.74 Å². The highest BCUT2D eigenvalue weighted by molar-refractivity contribution is 5.60. The molecule has 0 spiro atoms. The van der Waals surface area contributed by atoms with Crippen molar-refractivity contribution in [2.45, 2.75) is 6.36 Å². The highest BCUT2D eigenvalue weighted by Gasteiger charge is 2.31. The number of halogens is 4. The third-order valence-electron chi connectivity index (χ3n) is 2.09. The highest BCUT2D eigenvalue weighted by Crippen LogP contribution is 2.27. The normalized spacial score (nSPS) is 11.3. The smallest absolute Gasteiger partial charge is 0.406 e. The summed E-state index contributed by atoms with van der Waals surface area (Å²) in [4.78, 5) is 3.87. The van der Waals surface area contributed by atoms with Gasteiger partial charge >= 0.3 is 6.36 Å². The summed E-state index contributed by atoms with van der Waals surface area (Å²) < 4.78 is 52.9. The van der Waals surface area contributed by atoms with E-state index in [1.807, 2.05) is 0 Å². The highest BCUT2D eigenvalue weighted by atomic mass is 19.4. The number of hydrogen-bond acceptors (Lipinski definition) is 2. The first-order valence-electron chi connectivity index (χ1n) is 4.92. The first kappa shape index (κ1) is 12.3. The molecule has 2 aromatic rings. The van der Waals surface area contributed by atoms with Gasteiger partial charge in [0.15, 0.2) is 0 Å². The molecule has 0 amide bonds. The minimum Gasteiger partial charge on any atom is -0.406 e. The number of ether oxygens (including phenoxy) is 1. The predicted molar refractivity (Wildman–Crippen MR) is 56.3 cm³/mol. The number of pyridine rings is 1. The Bertz CT molecular complexity index is 554. The molecule has 0 aliphatic carbocycles. The van der Waals surface area contributed by atoms with Gasteiger partial charge in [-0.1, -0.05) is 12.1 Å². The maximum atomic E-state index is 13.0. The van der Waals surface area contributed by atoms with Crippen LogP contribution in [-0.2, 0) is 0 Å². The van der Waals surface area contributed by atoms with Crippen molar-refractivity contribution in [3.05, 3.63) is 48.4 Å². The molecule has 1 aromatic carbocycles. The van der Waals surface area contributed by atoms with Crippen molar-refractivity contribution in [1.82, 2.24) is 4.98 Å². The molecule has 0 fully saturated rings. The third kappa shape index (κ3) is 3.19. The van der Waals surface area contributed by atoms with Gasteiger partial charge in [-0.15, -0.1) is 13.2 Å². The van der Waals surface area contributed by atoms with E-state index in [4.69, 9.17) is 0 Å². The first-order chi connectivity index (χ1) is 8.44. The van der Waals surface area contributed by atoms with Gasteiger partial charge in [0.05, 0.1) is 5.69 Å². The molecule has 1 heterocycles. The summed E-state index contributed by atoms with van der Waals surface area (Å²) in [5.74, 6) is -0.881. The standard InChI is InChI=1S/C12H7F4NO/c13-9-4-5-17-11(7-9)8-2-1-3-10(6-8)18-12(14,15)16/h1-7H. The number of alkyl halides is 3. The largest absolute Gasteiger partial charge is 0.573 e. The summed E-state index contributed by atoms with van der Waals surface area (Å²) in [5.41, 5.74) is 0.582. The fourth-order valence-corrected chi connectivity index (χ4v) is 1.42. The molecule has 0 bridgehead atoms. The average Bonchev–Trinajstić information content (AvgIpc) is 2.27. The minimum atomic E-state index is -4.76.